The summed E-state index contributed by atoms with van der Waals surface area (Å²) in [5, 5.41) is 11.2. The van der Waals surface area contributed by atoms with Gasteiger partial charge in [0.05, 0.1) is 6.10 Å². The van der Waals surface area contributed by atoms with Crippen molar-refractivity contribution >= 4 is 22.7 Å². The van der Waals surface area contributed by atoms with Crippen molar-refractivity contribution in [1.82, 2.24) is 14.8 Å². The van der Waals surface area contributed by atoms with E-state index in [1.807, 2.05) is 26.0 Å². The molecule has 1 aliphatic rings. The maximum Gasteiger partial charge on any atom is 0.270 e. The van der Waals surface area contributed by atoms with Gasteiger partial charge in [-0.1, -0.05) is 11.6 Å². The average molecular weight is 329 g/mol. The summed E-state index contributed by atoms with van der Waals surface area (Å²) in [6.07, 6.45) is -0.729. The third-order valence-electron chi connectivity index (χ3n) is 4.66. The quantitative estimate of drug-likeness (QED) is 0.831. The molecule has 2 aromatic rings. The molecular formula is C18H23N3O3. The molecule has 6 heteroatoms. The number of nitrogens with one attached hydrogen (secondary N) is 1. The highest BCUT2D eigenvalue weighted by Gasteiger charge is 2.28. The van der Waals surface area contributed by atoms with Gasteiger partial charge in [0, 0.05) is 44.0 Å². The maximum absolute atomic E-state index is 12.9. The van der Waals surface area contributed by atoms with E-state index in [0.29, 0.717) is 18.8 Å². The summed E-state index contributed by atoms with van der Waals surface area (Å²) >= 11 is 0. The fourth-order valence-electron chi connectivity index (χ4n) is 3.27. The predicted molar refractivity (Wildman–Crippen MR) is 91.9 cm³/mol. The number of nitrogens with zero attached hydrogens (tertiary/aromatic N) is 2. The highest BCUT2D eigenvalue weighted by molar-refractivity contribution is 6.01. The molecule has 0 spiro atoms. The van der Waals surface area contributed by atoms with Gasteiger partial charge in [0.2, 0.25) is 5.91 Å². The number of H-pyrrole nitrogens is 1. The first kappa shape index (κ1) is 16.5. The standard InChI is InChI=1S/C18H23N3O3/c1-11-4-5-16-15(8-11)12(2)17(19-16)18(24)21-7-6-20(13(3)22)9-14(23)10-21/h4-5,8,14,19,23H,6-7,9-10H2,1-3H3. The number of aliphatic hydroxyl groups is 1. The van der Waals surface area contributed by atoms with Crippen molar-refractivity contribution in [3.63, 3.8) is 0 Å². The summed E-state index contributed by atoms with van der Waals surface area (Å²) in [5.74, 6) is -0.216. The molecule has 1 aliphatic heterocycles. The molecule has 0 aliphatic carbocycles. The first-order valence-electron chi connectivity index (χ1n) is 8.18. The van der Waals surface area contributed by atoms with E-state index >= 15 is 0 Å². The Morgan fingerprint density at radius 2 is 1.83 bits per heavy atom. The molecule has 1 unspecified atom stereocenters. The number of carbonyl (C=O) groups excluding carboxylic acids is 2. The zero-order chi connectivity index (χ0) is 17.4. The first-order valence-corrected chi connectivity index (χ1v) is 8.18. The topological polar surface area (TPSA) is 76.6 Å². The van der Waals surface area contributed by atoms with E-state index in [2.05, 4.69) is 11.1 Å². The van der Waals surface area contributed by atoms with Crippen molar-refractivity contribution in [2.75, 3.05) is 26.2 Å². The number of aromatic nitrogens is 1. The summed E-state index contributed by atoms with van der Waals surface area (Å²) in [6.45, 7) is 6.80. The van der Waals surface area contributed by atoms with Crippen LogP contribution in [0, 0.1) is 13.8 Å². The van der Waals surface area contributed by atoms with Gasteiger partial charge in [-0.3, -0.25) is 9.59 Å². The molecule has 128 valence electrons. The van der Waals surface area contributed by atoms with Crippen LogP contribution in [-0.4, -0.2) is 64.0 Å². The van der Waals surface area contributed by atoms with Crippen LogP contribution < -0.4 is 0 Å². The molecule has 3 rings (SSSR count). The van der Waals surface area contributed by atoms with Crippen molar-refractivity contribution < 1.29 is 14.7 Å². The lowest BCUT2D eigenvalue weighted by molar-refractivity contribution is -0.129. The lowest BCUT2D eigenvalue weighted by Crippen LogP contribution is -2.38. The number of benzene rings is 1. The normalized spacial score (nSPS) is 18.8. The minimum Gasteiger partial charge on any atom is -0.389 e. The van der Waals surface area contributed by atoms with Crippen LogP contribution >= 0.6 is 0 Å². The predicted octanol–water partition coefficient (Wildman–Crippen LogP) is 1.45. The fourth-order valence-corrected chi connectivity index (χ4v) is 3.27. The fraction of sp³-hybridized carbons (Fsp3) is 0.444. The molecular weight excluding hydrogens is 306 g/mol. The molecule has 6 nitrogen and oxygen atoms in total. The highest BCUT2D eigenvalue weighted by Crippen LogP contribution is 2.24. The second-order valence-corrected chi connectivity index (χ2v) is 6.54. The number of carbonyl (C=O) groups is 2. The molecule has 2 heterocycles. The number of fused-ring (bicyclic) bond motifs is 1. The van der Waals surface area contributed by atoms with E-state index in [1.54, 1.807) is 9.80 Å². The Bertz CT molecular complexity index is 796. The van der Waals surface area contributed by atoms with Crippen LogP contribution in [0.5, 0.6) is 0 Å². The van der Waals surface area contributed by atoms with Gasteiger partial charge < -0.3 is 19.9 Å². The molecule has 1 aromatic carbocycles. The van der Waals surface area contributed by atoms with Gasteiger partial charge in [-0.05, 0) is 31.5 Å². The summed E-state index contributed by atoms with van der Waals surface area (Å²) in [7, 11) is 0. The molecule has 24 heavy (non-hydrogen) atoms. The summed E-state index contributed by atoms with van der Waals surface area (Å²) in [6, 6.07) is 6.04. The molecule has 2 amide bonds. The molecule has 0 radical (unpaired) electrons. The molecule has 0 bridgehead atoms. The molecule has 2 N–H and O–H groups in total. The lowest BCUT2D eigenvalue weighted by Gasteiger charge is -2.21. The number of rotatable bonds is 1. The Morgan fingerprint density at radius 3 is 2.54 bits per heavy atom. The maximum atomic E-state index is 12.9. The van der Waals surface area contributed by atoms with E-state index in [0.717, 1.165) is 22.0 Å². The van der Waals surface area contributed by atoms with E-state index in [-0.39, 0.29) is 24.9 Å². The van der Waals surface area contributed by atoms with Crippen molar-refractivity contribution in [1.29, 1.82) is 0 Å². The van der Waals surface area contributed by atoms with E-state index in [9.17, 15) is 14.7 Å². The molecule has 1 fully saturated rings. The summed E-state index contributed by atoms with van der Waals surface area (Å²) in [4.78, 5) is 30.9. The van der Waals surface area contributed by atoms with Crippen molar-refractivity contribution in [2.24, 2.45) is 0 Å². The second-order valence-electron chi connectivity index (χ2n) is 6.54. The Kier molecular flexibility index (Phi) is 4.32. The molecule has 1 aromatic heterocycles. The van der Waals surface area contributed by atoms with E-state index in [1.165, 1.54) is 6.92 Å². The number of aromatic amines is 1. The van der Waals surface area contributed by atoms with Gasteiger partial charge in [0.15, 0.2) is 0 Å². The van der Waals surface area contributed by atoms with Crippen molar-refractivity contribution in [3.05, 3.63) is 35.0 Å². The third-order valence-corrected chi connectivity index (χ3v) is 4.66. The molecule has 1 saturated heterocycles. The molecule has 0 saturated carbocycles. The van der Waals surface area contributed by atoms with Crippen LogP contribution in [0.15, 0.2) is 18.2 Å². The zero-order valence-electron chi connectivity index (χ0n) is 14.3. The van der Waals surface area contributed by atoms with Crippen LogP contribution in [0.25, 0.3) is 10.9 Å². The number of aryl methyl sites for hydroxylation is 2. The van der Waals surface area contributed by atoms with Crippen LogP contribution in [0.3, 0.4) is 0 Å². The Labute approximate surface area is 141 Å². The number of β-amino-alcohol motifs (C(OH)–C–C–N with tert-alkyl or cyclic N) is 1. The van der Waals surface area contributed by atoms with Gasteiger partial charge in [-0.15, -0.1) is 0 Å². The second kappa shape index (κ2) is 6.28. The largest absolute Gasteiger partial charge is 0.389 e. The highest BCUT2D eigenvalue weighted by atomic mass is 16.3. The van der Waals surface area contributed by atoms with Crippen molar-refractivity contribution in [2.45, 2.75) is 26.9 Å². The smallest absolute Gasteiger partial charge is 0.270 e. The van der Waals surface area contributed by atoms with E-state index < -0.39 is 6.10 Å². The number of aliphatic hydroxyl groups excluding tert-OH is 1. The van der Waals surface area contributed by atoms with E-state index in [4.69, 9.17) is 0 Å². The van der Waals surface area contributed by atoms with Gasteiger partial charge in [-0.2, -0.15) is 0 Å². The summed E-state index contributed by atoms with van der Waals surface area (Å²) in [5.41, 5.74) is 3.55. The van der Waals surface area contributed by atoms with Crippen molar-refractivity contribution in [3.8, 4) is 0 Å². The van der Waals surface area contributed by atoms with Gasteiger partial charge in [-0.25, -0.2) is 0 Å². The zero-order valence-corrected chi connectivity index (χ0v) is 14.3. The first-order chi connectivity index (χ1) is 11.4. The SMILES string of the molecule is CC(=O)N1CCN(C(=O)c2[nH]c3ccc(C)cc3c2C)CC(O)C1. The van der Waals surface area contributed by atoms with Gasteiger partial charge in [0.25, 0.3) is 5.91 Å². The minimum absolute atomic E-state index is 0.0828. The van der Waals surface area contributed by atoms with Gasteiger partial charge in [0.1, 0.15) is 5.69 Å². The lowest BCUT2D eigenvalue weighted by atomic mass is 10.1. The Balaban J connectivity index is 1.88. The number of hydrogen-bond acceptors (Lipinski definition) is 3. The van der Waals surface area contributed by atoms with Crippen LogP contribution in [0.2, 0.25) is 0 Å². The van der Waals surface area contributed by atoms with Gasteiger partial charge >= 0.3 is 0 Å². The number of hydrogen-bond donors (Lipinski definition) is 2. The Morgan fingerprint density at radius 1 is 1.17 bits per heavy atom. The van der Waals surface area contributed by atoms with Crippen LogP contribution in [0.4, 0.5) is 0 Å². The van der Waals surface area contributed by atoms with Crippen LogP contribution in [0.1, 0.15) is 28.5 Å². The Hall–Kier alpha value is -2.34. The average Bonchev–Trinajstić information content (AvgIpc) is 2.72. The molecule has 1 atom stereocenters. The third kappa shape index (κ3) is 3.01. The number of amides is 2. The monoisotopic (exact) mass is 329 g/mol. The summed E-state index contributed by atoms with van der Waals surface area (Å²) < 4.78 is 0. The van der Waals surface area contributed by atoms with Crippen LogP contribution in [-0.2, 0) is 4.79 Å². The minimum atomic E-state index is -0.729.